The fraction of sp³-hybridized carbons (Fsp3) is 0.294. The molecular weight excluding hydrogens is 272 g/mol. The van der Waals surface area contributed by atoms with Crippen LogP contribution in [-0.4, -0.2) is 11.7 Å². The second kappa shape index (κ2) is 6.78. The van der Waals surface area contributed by atoms with Crippen molar-refractivity contribution in [2.24, 2.45) is 0 Å². The van der Waals surface area contributed by atoms with Gasteiger partial charge in [-0.15, -0.1) is 0 Å². The van der Waals surface area contributed by atoms with Crippen LogP contribution in [0.2, 0.25) is 0 Å². The average Bonchev–Trinajstić information content (AvgIpc) is 2.47. The highest BCUT2D eigenvalue weighted by molar-refractivity contribution is 5.25. The van der Waals surface area contributed by atoms with Gasteiger partial charge in [0.1, 0.15) is 0 Å². The summed E-state index contributed by atoms with van der Waals surface area (Å²) in [6, 6.07) is 11.6. The first kappa shape index (κ1) is 15.6. The molecule has 0 amide bonds. The number of rotatable bonds is 5. The first-order valence-corrected chi connectivity index (χ1v) is 6.90. The van der Waals surface area contributed by atoms with Crippen LogP contribution in [0.25, 0.3) is 0 Å². The number of aliphatic hydroxyl groups excluding tert-OH is 1. The number of hydrogen-bond acceptors (Lipinski definition) is 2. The molecule has 0 aliphatic rings. The van der Waals surface area contributed by atoms with Crippen molar-refractivity contribution in [1.82, 2.24) is 5.32 Å². The number of aryl methyl sites for hydroxylation is 1. The smallest absolute Gasteiger partial charge is 0.159 e. The van der Waals surface area contributed by atoms with Crippen molar-refractivity contribution in [2.75, 3.05) is 6.54 Å². The van der Waals surface area contributed by atoms with Crippen LogP contribution < -0.4 is 5.32 Å². The molecule has 0 bridgehead atoms. The molecule has 112 valence electrons. The minimum absolute atomic E-state index is 0.0600. The Balaban J connectivity index is 1.97. The van der Waals surface area contributed by atoms with Crippen LogP contribution in [0.1, 0.15) is 35.8 Å². The van der Waals surface area contributed by atoms with E-state index in [0.29, 0.717) is 5.56 Å². The SMILES string of the molecule is Cc1cccc([C@H](C)NCC(O)c2ccc(F)c(F)c2)c1. The summed E-state index contributed by atoms with van der Waals surface area (Å²) < 4.78 is 26.0. The molecule has 1 unspecified atom stereocenters. The number of benzene rings is 2. The highest BCUT2D eigenvalue weighted by atomic mass is 19.2. The van der Waals surface area contributed by atoms with Gasteiger partial charge in [0.25, 0.3) is 0 Å². The third kappa shape index (κ3) is 4.09. The molecule has 0 saturated heterocycles. The van der Waals surface area contributed by atoms with E-state index in [0.717, 1.165) is 17.7 Å². The number of nitrogens with one attached hydrogen (secondary N) is 1. The Morgan fingerprint density at radius 2 is 1.81 bits per heavy atom. The first-order valence-electron chi connectivity index (χ1n) is 6.90. The number of hydrogen-bond donors (Lipinski definition) is 2. The van der Waals surface area contributed by atoms with E-state index < -0.39 is 17.7 Å². The van der Waals surface area contributed by atoms with E-state index in [9.17, 15) is 13.9 Å². The lowest BCUT2D eigenvalue weighted by atomic mass is 10.0. The topological polar surface area (TPSA) is 32.3 Å². The monoisotopic (exact) mass is 291 g/mol. The van der Waals surface area contributed by atoms with Crippen LogP contribution in [0.3, 0.4) is 0 Å². The Bertz CT molecular complexity index is 615. The van der Waals surface area contributed by atoms with Gasteiger partial charge in [-0.25, -0.2) is 8.78 Å². The van der Waals surface area contributed by atoms with E-state index in [1.165, 1.54) is 11.6 Å². The average molecular weight is 291 g/mol. The van der Waals surface area contributed by atoms with E-state index in [-0.39, 0.29) is 12.6 Å². The zero-order chi connectivity index (χ0) is 15.4. The van der Waals surface area contributed by atoms with Gasteiger partial charge >= 0.3 is 0 Å². The lowest BCUT2D eigenvalue weighted by Crippen LogP contribution is -2.24. The Labute approximate surface area is 123 Å². The quantitative estimate of drug-likeness (QED) is 0.881. The molecular formula is C17H19F2NO. The van der Waals surface area contributed by atoms with Crippen LogP contribution in [0.15, 0.2) is 42.5 Å². The van der Waals surface area contributed by atoms with E-state index in [2.05, 4.69) is 11.4 Å². The molecule has 0 aliphatic carbocycles. The van der Waals surface area contributed by atoms with E-state index in [4.69, 9.17) is 0 Å². The third-order valence-corrected chi connectivity index (χ3v) is 3.49. The van der Waals surface area contributed by atoms with Gasteiger partial charge in [-0.2, -0.15) is 0 Å². The molecule has 0 heterocycles. The van der Waals surface area contributed by atoms with Gasteiger partial charge < -0.3 is 10.4 Å². The van der Waals surface area contributed by atoms with Crippen LogP contribution >= 0.6 is 0 Å². The van der Waals surface area contributed by atoms with Gasteiger partial charge in [-0.1, -0.05) is 35.9 Å². The second-order valence-electron chi connectivity index (χ2n) is 5.23. The van der Waals surface area contributed by atoms with Crippen molar-refractivity contribution < 1.29 is 13.9 Å². The highest BCUT2D eigenvalue weighted by Gasteiger charge is 2.13. The third-order valence-electron chi connectivity index (χ3n) is 3.49. The van der Waals surface area contributed by atoms with Gasteiger partial charge in [0, 0.05) is 12.6 Å². The molecule has 2 aromatic carbocycles. The van der Waals surface area contributed by atoms with Crippen molar-refractivity contribution in [1.29, 1.82) is 0 Å². The van der Waals surface area contributed by atoms with Crippen molar-refractivity contribution in [3.63, 3.8) is 0 Å². The summed E-state index contributed by atoms with van der Waals surface area (Å²) in [4.78, 5) is 0. The van der Waals surface area contributed by atoms with E-state index in [1.807, 2.05) is 32.0 Å². The van der Waals surface area contributed by atoms with E-state index >= 15 is 0 Å². The molecule has 4 heteroatoms. The number of aliphatic hydroxyl groups is 1. The minimum atomic E-state index is -0.946. The van der Waals surface area contributed by atoms with Crippen LogP contribution in [0.4, 0.5) is 8.78 Å². The van der Waals surface area contributed by atoms with Gasteiger partial charge in [-0.3, -0.25) is 0 Å². The fourth-order valence-corrected chi connectivity index (χ4v) is 2.18. The molecule has 2 aromatic rings. The molecule has 21 heavy (non-hydrogen) atoms. The van der Waals surface area contributed by atoms with Crippen LogP contribution in [-0.2, 0) is 0 Å². The standard InChI is InChI=1S/C17H19F2NO/c1-11-4-3-5-13(8-11)12(2)20-10-17(21)14-6-7-15(18)16(19)9-14/h3-9,12,17,20-21H,10H2,1-2H3/t12-,17?/m0/s1. The predicted molar refractivity (Wildman–Crippen MR) is 78.9 cm³/mol. The minimum Gasteiger partial charge on any atom is -0.387 e. The Hall–Kier alpha value is -1.78. The van der Waals surface area contributed by atoms with Gasteiger partial charge in [0.2, 0.25) is 0 Å². The Morgan fingerprint density at radius 1 is 1.05 bits per heavy atom. The molecule has 0 aliphatic heterocycles. The lowest BCUT2D eigenvalue weighted by Gasteiger charge is -2.18. The summed E-state index contributed by atoms with van der Waals surface area (Å²) >= 11 is 0. The normalized spacial score (nSPS) is 14.0. The Kier molecular flexibility index (Phi) is 5.04. The summed E-state index contributed by atoms with van der Waals surface area (Å²) in [6.07, 6.45) is -0.882. The molecule has 2 N–H and O–H groups in total. The van der Waals surface area contributed by atoms with Crippen LogP contribution in [0, 0.1) is 18.6 Å². The summed E-state index contributed by atoms with van der Waals surface area (Å²) in [7, 11) is 0. The maximum absolute atomic E-state index is 13.1. The first-order chi connectivity index (χ1) is 9.97. The molecule has 0 spiro atoms. The van der Waals surface area contributed by atoms with Gasteiger partial charge in [0.15, 0.2) is 11.6 Å². The maximum atomic E-state index is 13.1. The summed E-state index contributed by atoms with van der Waals surface area (Å²) in [5.41, 5.74) is 2.65. The Morgan fingerprint density at radius 3 is 2.48 bits per heavy atom. The fourth-order valence-electron chi connectivity index (χ4n) is 2.18. The zero-order valence-corrected chi connectivity index (χ0v) is 12.1. The summed E-state index contributed by atoms with van der Waals surface area (Å²) in [5, 5.41) is 13.2. The van der Waals surface area contributed by atoms with Crippen LogP contribution in [0.5, 0.6) is 0 Å². The summed E-state index contributed by atoms with van der Waals surface area (Å²) in [5.74, 6) is -1.86. The molecule has 2 atom stereocenters. The van der Waals surface area contributed by atoms with Crippen molar-refractivity contribution in [2.45, 2.75) is 26.0 Å². The summed E-state index contributed by atoms with van der Waals surface area (Å²) in [6.45, 7) is 4.28. The molecule has 0 radical (unpaired) electrons. The highest BCUT2D eigenvalue weighted by Crippen LogP contribution is 2.18. The van der Waals surface area contributed by atoms with E-state index in [1.54, 1.807) is 0 Å². The second-order valence-corrected chi connectivity index (χ2v) is 5.23. The largest absolute Gasteiger partial charge is 0.387 e. The van der Waals surface area contributed by atoms with Crippen molar-refractivity contribution in [3.8, 4) is 0 Å². The lowest BCUT2D eigenvalue weighted by molar-refractivity contribution is 0.170. The zero-order valence-electron chi connectivity index (χ0n) is 12.1. The van der Waals surface area contributed by atoms with Crippen molar-refractivity contribution >= 4 is 0 Å². The molecule has 2 rings (SSSR count). The molecule has 2 nitrogen and oxygen atoms in total. The maximum Gasteiger partial charge on any atom is 0.159 e. The van der Waals surface area contributed by atoms with Crippen molar-refractivity contribution in [3.05, 3.63) is 70.8 Å². The predicted octanol–water partition coefficient (Wildman–Crippen LogP) is 3.66. The number of halogens is 2. The molecule has 0 saturated carbocycles. The van der Waals surface area contributed by atoms with Gasteiger partial charge in [0.05, 0.1) is 6.10 Å². The molecule has 0 aromatic heterocycles. The van der Waals surface area contributed by atoms with Gasteiger partial charge in [-0.05, 0) is 37.1 Å². The molecule has 0 fully saturated rings.